The molecule has 0 aliphatic carbocycles. The summed E-state index contributed by atoms with van der Waals surface area (Å²) in [6, 6.07) is 5.69. The van der Waals surface area contributed by atoms with Crippen LogP contribution in [0.3, 0.4) is 0 Å². The van der Waals surface area contributed by atoms with E-state index in [1.165, 1.54) is 0 Å². The second-order valence-corrected chi connectivity index (χ2v) is 5.37. The zero-order valence-corrected chi connectivity index (χ0v) is 12.6. The van der Waals surface area contributed by atoms with E-state index in [1.807, 2.05) is 32.0 Å². The SMILES string of the molecule is Cc1cccc(C)c1OCCCNC(=O)[C@@H]1CCC(=O)N1. The molecule has 0 unspecified atom stereocenters. The highest BCUT2D eigenvalue weighted by Gasteiger charge is 2.26. The minimum absolute atomic E-state index is 0.0477. The number of para-hydroxylation sites is 1. The van der Waals surface area contributed by atoms with Crippen molar-refractivity contribution >= 4 is 11.8 Å². The summed E-state index contributed by atoms with van der Waals surface area (Å²) in [5.41, 5.74) is 2.24. The first-order valence-corrected chi connectivity index (χ1v) is 7.34. The van der Waals surface area contributed by atoms with Crippen LogP contribution in [0.4, 0.5) is 0 Å². The molecule has 1 saturated heterocycles. The van der Waals surface area contributed by atoms with E-state index in [4.69, 9.17) is 4.74 Å². The molecule has 5 nitrogen and oxygen atoms in total. The molecule has 1 heterocycles. The molecular weight excluding hydrogens is 268 g/mol. The Hall–Kier alpha value is -2.04. The van der Waals surface area contributed by atoms with E-state index >= 15 is 0 Å². The van der Waals surface area contributed by atoms with Crippen molar-refractivity contribution in [3.05, 3.63) is 29.3 Å². The zero-order valence-electron chi connectivity index (χ0n) is 12.6. The van der Waals surface area contributed by atoms with Crippen molar-refractivity contribution in [3.63, 3.8) is 0 Å². The molecule has 0 aromatic heterocycles. The van der Waals surface area contributed by atoms with Gasteiger partial charge in [-0.1, -0.05) is 18.2 Å². The summed E-state index contributed by atoms with van der Waals surface area (Å²) in [7, 11) is 0. The number of benzene rings is 1. The molecule has 21 heavy (non-hydrogen) atoms. The van der Waals surface area contributed by atoms with Crippen LogP contribution in [0.5, 0.6) is 5.75 Å². The van der Waals surface area contributed by atoms with Crippen molar-refractivity contribution in [1.82, 2.24) is 10.6 Å². The standard InChI is InChI=1S/C16H22N2O3/c1-11-5-3-6-12(2)15(11)21-10-4-9-17-16(20)13-7-8-14(19)18-13/h3,5-6,13H,4,7-10H2,1-2H3,(H,17,20)(H,18,19)/t13-/m0/s1. The third-order valence-electron chi connectivity index (χ3n) is 3.59. The molecule has 1 atom stereocenters. The van der Waals surface area contributed by atoms with Crippen LogP contribution in [0.15, 0.2) is 18.2 Å². The molecule has 0 radical (unpaired) electrons. The maximum Gasteiger partial charge on any atom is 0.242 e. The number of nitrogens with one attached hydrogen (secondary N) is 2. The van der Waals surface area contributed by atoms with Gasteiger partial charge in [-0.05, 0) is 37.8 Å². The van der Waals surface area contributed by atoms with Gasteiger partial charge in [-0.25, -0.2) is 0 Å². The number of hydrogen-bond donors (Lipinski definition) is 2. The summed E-state index contributed by atoms with van der Waals surface area (Å²) < 4.78 is 5.77. The van der Waals surface area contributed by atoms with Crippen LogP contribution < -0.4 is 15.4 Å². The largest absolute Gasteiger partial charge is 0.493 e. The monoisotopic (exact) mass is 290 g/mol. The van der Waals surface area contributed by atoms with Crippen molar-refractivity contribution in [2.45, 2.75) is 39.2 Å². The number of hydrogen-bond acceptors (Lipinski definition) is 3. The smallest absolute Gasteiger partial charge is 0.242 e. The number of aryl methyl sites for hydroxylation is 2. The summed E-state index contributed by atoms with van der Waals surface area (Å²) in [6.45, 7) is 5.15. The van der Waals surface area contributed by atoms with Gasteiger partial charge in [0.1, 0.15) is 11.8 Å². The summed E-state index contributed by atoms with van der Waals surface area (Å²) in [4.78, 5) is 22.8. The molecule has 0 bridgehead atoms. The van der Waals surface area contributed by atoms with E-state index in [9.17, 15) is 9.59 Å². The van der Waals surface area contributed by atoms with E-state index in [-0.39, 0.29) is 17.9 Å². The average molecular weight is 290 g/mol. The Labute approximate surface area is 125 Å². The number of rotatable bonds is 6. The summed E-state index contributed by atoms with van der Waals surface area (Å²) in [6.07, 6.45) is 1.76. The third-order valence-corrected chi connectivity index (χ3v) is 3.59. The lowest BCUT2D eigenvalue weighted by molar-refractivity contribution is -0.125. The summed E-state index contributed by atoms with van der Waals surface area (Å²) in [5, 5.41) is 5.48. The fourth-order valence-corrected chi connectivity index (χ4v) is 2.42. The maximum atomic E-state index is 11.8. The number of carbonyl (C=O) groups is 2. The molecule has 5 heteroatoms. The predicted molar refractivity (Wildman–Crippen MR) is 80.2 cm³/mol. The van der Waals surface area contributed by atoms with Gasteiger partial charge in [0, 0.05) is 13.0 Å². The first-order valence-electron chi connectivity index (χ1n) is 7.34. The van der Waals surface area contributed by atoms with Gasteiger partial charge in [0.25, 0.3) is 0 Å². The predicted octanol–water partition coefficient (Wildman–Crippen LogP) is 1.47. The fraction of sp³-hybridized carbons (Fsp3) is 0.500. The molecular formula is C16H22N2O3. The van der Waals surface area contributed by atoms with E-state index in [2.05, 4.69) is 10.6 Å². The van der Waals surface area contributed by atoms with Gasteiger partial charge in [-0.3, -0.25) is 9.59 Å². The molecule has 2 amide bonds. The van der Waals surface area contributed by atoms with Crippen LogP contribution in [0.2, 0.25) is 0 Å². The maximum absolute atomic E-state index is 11.8. The topological polar surface area (TPSA) is 67.4 Å². The van der Waals surface area contributed by atoms with Crippen LogP contribution in [-0.2, 0) is 9.59 Å². The van der Waals surface area contributed by atoms with Crippen LogP contribution in [0.25, 0.3) is 0 Å². The highest BCUT2D eigenvalue weighted by atomic mass is 16.5. The highest BCUT2D eigenvalue weighted by molar-refractivity contribution is 5.90. The lowest BCUT2D eigenvalue weighted by Gasteiger charge is -2.13. The van der Waals surface area contributed by atoms with E-state index < -0.39 is 0 Å². The van der Waals surface area contributed by atoms with Gasteiger partial charge < -0.3 is 15.4 Å². The Morgan fingerprint density at radius 2 is 2.10 bits per heavy atom. The highest BCUT2D eigenvalue weighted by Crippen LogP contribution is 2.22. The van der Waals surface area contributed by atoms with Gasteiger partial charge in [0.05, 0.1) is 6.61 Å². The van der Waals surface area contributed by atoms with Gasteiger partial charge >= 0.3 is 0 Å². The minimum Gasteiger partial charge on any atom is -0.493 e. The first kappa shape index (κ1) is 15.4. The number of carbonyl (C=O) groups excluding carboxylic acids is 2. The second-order valence-electron chi connectivity index (χ2n) is 5.37. The fourth-order valence-electron chi connectivity index (χ4n) is 2.42. The lowest BCUT2D eigenvalue weighted by Crippen LogP contribution is -2.42. The van der Waals surface area contributed by atoms with Crippen LogP contribution in [0.1, 0.15) is 30.4 Å². The van der Waals surface area contributed by atoms with Crippen molar-refractivity contribution in [3.8, 4) is 5.75 Å². The quantitative estimate of drug-likeness (QED) is 0.780. The number of amides is 2. The number of ether oxygens (including phenoxy) is 1. The van der Waals surface area contributed by atoms with Gasteiger partial charge in [0.2, 0.25) is 11.8 Å². The molecule has 1 aliphatic rings. The van der Waals surface area contributed by atoms with Crippen molar-refractivity contribution in [1.29, 1.82) is 0 Å². The van der Waals surface area contributed by atoms with Crippen molar-refractivity contribution < 1.29 is 14.3 Å². The van der Waals surface area contributed by atoms with Crippen LogP contribution in [-0.4, -0.2) is 31.0 Å². The minimum atomic E-state index is -0.364. The Kier molecular flexibility index (Phi) is 5.20. The molecule has 1 aromatic rings. The van der Waals surface area contributed by atoms with Crippen LogP contribution in [0, 0.1) is 13.8 Å². The normalized spacial score (nSPS) is 17.4. The third kappa shape index (κ3) is 4.21. The summed E-state index contributed by atoms with van der Waals surface area (Å²) >= 11 is 0. The molecule has 1 aliphatic heterocycles. The Bertz CT molecular complexity index is 508. The first-order chi connectivity index (χ1) is 10.1. The Morgan fingerprint density at radius 1 is 1.38 bits per heavy atom. The summed E-state index contributed by atoms with van der Waals surface area (Å²) in [5.74, 6) is 0.772. The van der Waals surface area contributed by atoms with Gasteiger partial charge in [0.15, 0.2) is 0 Å². The molecule has 114 valence electrons. The van der Waals surface area contributed by atoms with E-state index in [0.717, 1.165) is 23.3 Å². The van der Waals surface area contributed by atoms with E-state index in [0.29, 0.717) is 26.0 Å². The van der Waals surface area contributed by atoms with Gasteiger partial charge in [-0.2, -0.15) is 0 Å². The molecule has 0 saturated carbocycles. The lowest BCUT2D eigenvalue weighted by atomic mass is 10.1. The molecule has 1 fully saturated rings. The molecule has 0 spiro atoms. The Morgan fingerprint density at radius 3 is 2.71 bits per heavy atom. The van der Waals surface area contributed by atoms with Crippen LogP contribution >= 0.6 is 0 Å². The van der Waals surface area contributed by atoms with Crippen molar-refractivity contribution in [2.75, 3.05) is 13.2 Å². The molecule has 1 aromatic carbocycles. The molecule has 2 N–H and O–H groups in total. The van der Waals surface area contributed by atoms with Gasteiger partial charge in [-0.15, -0.1) is 0 Å². The molecule has 2 rings (SSSR count). The average Bonchev–Trinajstić information content (AvgIpc) is 2.88. The van der Waals surface area contributed by atoms with E-state index in [1.54, 1.807) is 0 Å². The zero-order chi connectivity index (χ0) is 15.2. The second kappa shape index (κ2) is 7.11. The Balaban J connectivity index is 1.66. The van der Waals surface area contributed by atoms with Crippen molar-refractivity contribution in [2.24, 2.45) is 0 Å².